The number of esters is 1. The van der Waals surface area contributed by atoms with E-state index in [9.17, 15) is 14.4 Å². The second-order valence-electron chi connectivity index (χ2n) is 10.8. The van der Waals surface area contributed by atoms with Gasteiger partial charge in [0.05, 0.1) is 42.8 Å². The summed E-state index contributed by atoms with van der Waals surface area (Å²) < 4.78 is 13.1. The van der Waals surface area contributed by atoms with Crippen molar-refractivity contribution < 1.29 is 19.1 Å². The van der Waals surface area contributed by atoms with Crippen molar-refractivity contribution in [3.05, 3.63) is 139 Å². The molecule has 45 heavy (non-hydrogen) atoms. The maximum Gasteiger partial charge on any atom is 0.338 e. The van der Waals surface area contributed by atoms with Gasteiger partial charge < -0.3 is 14.4 Å². The molecule has 0 bridgehead atoms. The first-order chi connectivity index (χ1) is 21.9. The molecular formula is C36H29N3O5S. The summed E-state index contributed by atoms with van der Waals surface area (Å²) >= 11 is 1.16. The Morgan fingerprint density at radius 1 is 0.933 bits per heavy atom. The van der Waals surface area contributed by atoms with Gasteiger partial charge in [-0.05, 0) is 42.3 Å². The van der Waals surface area contributed by atoms with Crippen LogP contribution in [-0.4, -0.2) is 30.2 Å². The third kappa shape index (κ3) is 4.58. The van der Waals surface area contributed by atoms with Gasteiger partial charge in [-0.15, -0.1) is 0 Å². The van der Waals surface area contributed by atoms with E-state index in [0.717, 1.165) is 33.4 Å². The predicted molar refractivity (Wildman–Crippen MR) is 174 cm³/mol. The number of ether oxygens (including phenoxy) is 2. The van der Waals surface area contributed by atoms with Crippen LogP contribution in [-0.2, 0) is 20.9 Å². The number of carbonyl (C=O) groups excluding carboxylic acids is 2. The zero-order valence-corrected chi connectivity index (χ0v) is 25.8. The van der Waals surface area contributed by atoms with Gasteiger partial charge in [0.1, 0.15) is 16.3 Å². The lowest BCUT2D eigenvalue weighted by Crippen LogP contribution is -2.41. The third-order valence-electron chi connectivity index (χ3n) is 8.25. The Bertz CT molecular complexity index is 2230. The van der Waals surface area contributed by atoms with Gasteiger partial charge in [-0.25, -0.2) is 9.79 Å². The maximum absolute atomic E-state index is 14.7. The zero-order valence-electron chi connectivity index (χ0n) is 24.9. The zero-order chi connectivity index (χ0) is 31.2. The highest BCUT2D eigenvalue weighted by Gasteiger charge is 2.39. The SMILES string of the molecule is CCOC(=O)C1=C(C)N=c2s/c(=C3\C(=O)N(Cc4ccccc4)c4ccccc43)c(=O)n2[C@@H]1c1c(OC)ccc2ccccc12. The van der Waals surface area contributed by atoms with E-state index in [2.05, 4.69) is 0 Å². The number of carbonyl (C=O) groups is 2. The second-order valence-corrected chi connectivity index (χ2v) is 11.8. The summed E-state index contributed by atoms with van der Waals surface area (Å²) in [4.78, 5) is 49.3. The number of hydrogen-bond acceptors (Lipinski definition) is 7. The molecule has 0 fully saturated rings. The van der Waals surface area contributed by atoms with Crippen molar-refractivity contribution in [2.45, 2.75) is 26.4 Å². The number of allylic oxidation sites excluding steroid dienone is 1. The fourth-order valence-corrected chi connectivity index (χ4v) is 7.41. The van der Waals surface area contributed by atoms with E-state index in [1.807, 2.05) is 91.0 Å². The van der Waals surface area contributed by atoms with Crippen molar-refractivity contribution >= 4 is 45.2 Å². The van der Waals surface area contributed by atoms with Crippen LogP contribution in [0.5, 0.6) is 5.75 Å². The summed E-state index contributed by atoms with van der Waals surface area (Å²) in [5.41, 5.74) is 3.65. The molecule has 0 N–H and O–H groups in total. The van der Waals surface area contributed by atoms with Gasteiger partial charge in [0, 0.05) is 11.1 Å². The number of hydrogen-bond donors (Lipinski definition) is 0. The van der Waals surface area contributed by atoms with E-state index in [4.69, 9.17) is 14.5 Å². The quantitative estimate of drug-likeness (QED) is 0.254. The van der Waals surface area contributed by atoms with Gasteiger partial charge in [-0.2, -0.15) is 0 Å². The molecule has 9 heteroatoms. The molecule has 0 saturated heterocycles. The highest BCUT2D eigenvalue weighted by molar-refractivity contribution is 7.07. The van der Waals surface area contributed by atoms with Crippen LogP contribution in [0.15, 0.2) is 112 Å². The topological polar surface area (TPSA) is 90.2 Å². The average molecular weight is 616 g/mol. The van der Waals surface area contributed by atoms with Crippen LogP contribution in [0.3, 0.4) is 0 Å². The monoisotopic (exact) mass is 615 g/mol. The van der Waals surface area contributed by atoms with Crippen LogP contribution >= 0.6 is 11.3 Å². The Kier molecular flexibility index (Phi) is 7.17. The third-order valence-corrected chi connectivity index (χ3v) is 9.30. The van der Waals surface area contributed by atoms with Gasteiger partial charge in [0.25, 0.3) is 11.5 Å². The summed E-state index contributed by atoms with van der Waals surface area (Å²) in [7, 11) is 1.56. The van der Waals surface area contributed by atoms with E-state index < -0.39 is 17.6 Å². The van der Waals surface area contributed by atoms with E-state index >= 15 is 0 Å². The highest BCUT2D eigenvalue weighted by atomic mass is 32.1. The molecule has 1 aromatic heterocycles. The first-order valence-electron chi connectivity index (χ1n) is 14.7. The second kappa shape index (κ2) is 11.3. The van der Waals surface area contributed by atoms with Crippen molar-refractivity contribution in [1.29, 1.82) is 0 Å². The fraction of sp³-hybridized carbons (Fsp3) is 0.167. The first kappa shape index (κ1) is 28.5. The number of para-hydroxylation sites is 1. The maximum atomic E-state index is 14.7. The molecule has 7 rings (SSSR count). The summed E-state index contributed by atoms with van der Waals surface area (Å²) in [5.74, 6) is -0.302. The molecule has 224 valence electrons. The number of aromatic nitrogens is 1. The summed E-state index contributed by atoms with van der Waals surface area (Å²) in [6.45, 7) is 4.00. The molecule has 0 aliphatic carbocycles. The summed E-state index contributed by atoms with van der Waals surface area (Å²) in [5, 5.41) is 1.75. The molecule has 0 saturated carbocycles. The van der Waals surface area contributed by atoms with Crippen LogP contribution in [0.1, 0.15) is 36.6 Å². The molecule has 0 spiro atoms. The van der Waals surface area contributed by atoms with Crippen molar-refractivity contribution in [1.82, 2.24) is 4.57 Å². The number of anilines is 1. The van der Waals surface area contributed by atoms with Crippen molar-refractivity contribution in [2.75, 3.05) is 18.6 Å². The Balaban J connectivity index is 1.52. The van der Waals surface area contributed by atoms with Crippen LogP contribution in [0, 0.1) is 0 Å². The molecule has 0 unspecified atom stereocenters. The standard InChI is InChI=1S/C36H29N3O5S/c1-4-44-35(42)28-21(2)37-36-39(31(28)29-24-15-9-8-14-23(24)18-19-27(29)43-3)34(41)32(45-36)30-25-16-10-11-17-26(25)38(33(30)40)20-22-12-6-5-7-13-22/h5-19,31H,4,20H2,1-3H3/b32-30-/t31-/m0/s1. The average Bonchev–Trinajstić information content (AvgIpc) is 3.52. The van der Waals surface area contributed by atoms with Crippen LogP contribution < -0.4 is 24.5 Å². The summed E-state index contributed by atoms with van der Waals surface area (Å²) in [6, 6.07) is 27.9. The molecule has 4 aromatic carbocycles. The van der Waals surface area contributed by atoms with Crippen LogP contribution in [0.4, 0.5) is 5.69 Å². The minimum atomic E-state index is -0.900. The number of rotatable bonds is 6. The van der Waals surface area contributed by atoms with Gasteiger partial charge in [-0.1, -0.05) is 90.2 Å². The van der Waals surface area contributed by atoms with E-state index in [1.165, 1.54) is 4.57 Å². The summed E-state index contributed by atoms with van der Waals surface area (Å²) in [6.07, 6.45) is 0. The molecule has 0 radical (unpaired) electrons. The van der Waals surface area contributed by atoms with Crippen LogP contribution in [0.2, 0.25) is 0 Å². The van der Waals surface area contributed by atoms with Crippen LogP contribution in [0.25, 0.3) is 16.3 Å². The number of benzene rings is 4. The molecule has 3 heterocycles. The number of thiazole rings is 1. The normalized spacial score (nSPS) is 16.8. The first-order valence-corrected chi connectivity index (χ1v) is 15.5. The molecule has 1 amide bonds. The minimum absolute atomic E-state index is 0.159. The predicted octanol–water partition coefficient (Wildman–Crippen LogP) is 4.88. The number of fused-ring (bicyclic) bond motifs is 3. The lowest BCUT2D eigenvalue weighted by atomic mass is 9.90. The lowest BCUT2D eigenvalue weighted by molar-refractivity contribution is -0.139. The number of methoxy groups -OCH3 is 1. The molecule has 2 aliphatic heterocycles. The van der Waals surface area contributed by atoms with Crippen molar-refractivity contribution in [3.8, 4) is 5.75 Å². The smallest absolute Gasteiger partial charge is 0.338 e. The van der Waals surface area contributed by atoms with Gasteiger partial charge >= 0.3 is 5.97 Å². The Hall–Kier alpha value is -5.28. The van der Waals surface area contributed by atoms with E-state index in [-0.39, 0.29) is 22.6 Å². The van der Waals surface area contributed by atoms with Gasteiger partial charge in [-0.3, -0.25) is 14.2 Å². The van der Waals surface area contributed by atoms with E-state index in [0.29, 0.717) is 39.5 Å². The Labute approximate surface area is 262 Å². The number of nitrogens with zero attached hydrogens (tertiary/aromatic N) is 3. The minimum Gasteiger partial charge on any atom is -0.496 e. The van der Waals surface area contributed by atoms with Crippen molar-refractivity contribution in [2.24, 2.45) is 4.99 Å². The molecule has 1 atom stereocenters. The molecule has 5 aromatic rings. The van der Waals surface area contributed by atoms with Gasteiger partial charge in [0.15, 0.2) is 4.80 Å². The lowest BCUT2D eigenvalue weighted by Gasteiger charge is -2.27. The number of amides is 1. The fourth-order valence-electron chi connectivity index (χ4n) is 6.27. The van der Waals surface area contributed by atoms with Crippen molar-refractivity contribution in [3.63, 3.8) is 0 Å². The highest BCUT2D eigenvalue weighted by Crippen LogP contribution is 2.41. The Morgan fingerprint density at radius 2 is 1.67 bits per heavy atom. The molecular weight excluding hydrogens is 586 g/mol. The van der Waals surface area contributed by atoms with E-state index in [1.54, 1.807) is 25.9 Å². The Morgan fingerprint density at radius 3 is 2.44 bits per heavy atom. The largest absolute Gasteiger partial charge is 0.496 e. The molecule has 2 aliphatic rings. The molecule has 8 nitrogen and oxygen atoms in total. The van der Waals surface area contributed by atoms with Gasteiger partial charge in [0.2, 0.25) is 0 Å².